The van der Waals surface area contributed by atoms with E-state index in [1.807, 2.05) is 32.1 Å². The van der Waals surface area contributed by atoms with Crippen LogP contribution in [0.2, 0.25) is 0 Å². The van der Waals surface area contributed by atoms with Crippen molar-refractivity contribution in [2.45, 2.75) is 26.4 Å². The minimum Gasteiger partial charge on any atom is -0.388 e. The summed E-state index contributed by atoms with van der Waals surface area (Å²) in [4.78, 5) is 12.2. The normalized spacial score (nSPS) is 19.6. The fraction of sp³-hybridized carbons (Fsp3) is 0.267. The van der Waals surface area contributed by atoms with E-state index in [4.69, 9.17) is 0 Å². The SMILES string of the molecule is CC1=CCC(O)C(C(=O)c2ccc(C)cc2)=C1. The number of carbonyl (C=O) groups excluding carboxylic acids is 1. The number of aliphatic hydroxyl groups excluding tert-OH is 1. The minimum atomic E-state index is -0.674. The molecule has 0 aliphatic heterocycles. The highest BCUT2D eigenvalue weighted by molar-refractivity contribution is 6.09. The van der Waals surface area contributed by atoms with Gasteiger partial charge in [-0.2, -0.15) is 0 Å². The van der Waals surface area contributed by atoms with Gasteiger partial charge >= 0.3 is 0 Å². The molecule has 0 fully saturated rings. The van der Waals surface area contributed by atoms with E-state index < -0.39 is 6.10 Å². The Morgan fingerprint density at radius 2 is 1.88 bits per heavy atom. The molecule has 2 heteroatoms. The maximum atomic E-state index is 12.2. The Morgan fingerprint density at radius 3 is 2.53 bits per heavy atom. The number of benzene rings is 1. The van der Waals surface area contributed by atoms with Crippen LogP contribution in [-0.4, -0.2) is 17.0 Å². The zero-order chi connectivity index (χ0) is 12.4. The number of allylic oxidation sites excluding steroid dienone is 2. The van der Waals surface area contributed by atoms with E-state index in [0.717, 1.165) is 11.1 Å². The monoisotopic (exact) mass is 228 g/mol. The molecule has 1 N–H and O–H groups in total. The predicted molar refractivity (Wildman–Crippen MR) is 68.0 cm³/mol. The van der Waals surface area contributed by atoms with Crippen LogP contribution < -0.4 is 0 Å². The molecule has 0 spiro atoms. The average Bonchev–Trinajstić information content (AvgIpc) is 2.32. The lowest BCUT2D eigenvalue weighted by Crippen LogP contribution is -2.20. The molecule has 0 bridgehead atoms. The van der Waals surface area contributed by atoms with Crippen LogP contribution in [0.25, 0.3) is 0 Å². The van der Waals surface area contributed by atoms with E-state index in [1.165, 1.54) is 0 Å². The summed E-state index contributed by atoms with van der Waals surface area (Å²) in [5.41, 5.74) is 3.28. The second-order valence-electron chi connectivity index (χ2n) is 4.49. The van der Waals surface area contributed by atoms with E-state index >= 15 is 0 Å². The first kappa shape index (κ1) is 11.8. The molecule has 1 unspecified atom stereocenters. The first-order valence-corrected chi connectivity index (χ1v) is 5.75. The lowest BCUT2D eigenvalue weighted by atomic mass is 9.91. The smallest absolute Gasteiger partial charge is 0.191 e. The van der Waals surface area contributed by atoms with Crippen LogP contribution in [0.3, 0.4) is 0 Å². The minimum absolute atomic E-state index is 0.0787. The van der Waals surface area contributed by atoms with Crippen molar-refractivity contribution in [3.8, 4) is 0 Å². The highest BCUT2D eigenvalue weighted by Gasteiger charge is 2.21. The van der Waals surface area contributed by atoms with Crippen molar-refractivity contribution in [2.24, 2.45) is 0 Å². The summed E-state index contributed by atoms with van der Waals surface area (Å²) in [5.74, 6) is -0.0787. The Labute approximate surface area is 101 Å². The highest BCUT2D eigenvalue weighted by Crippen LogP contribution is 2.21. The maximum Gasteiger partial charge on any atom is 0.191 e. The van der Waals surface area contributed by atoms with Gasteiger partial charge in [0.25, 0.3) is 0 Å². The number of aliphatic hydroxyl groups is 1. The van der Waals surface area contributed by atoms with Crippen LogP contribution in [0.15, 0.2) is 47.6 Å². The molecule has 0 saturated heterocycles. The number of hydrogen-bond acceptors (Lipinski definition) is 2. The summed E-state index contributed by atoms with van der Waals surface area (Å²) in [6.45, 7) is 3.92. The van der Waals surface area contributed by atoms with E-state index in [1.54, 1.807) is 18.2 Å². The van der Waals surface area contributed by atoms with Gasteiger partial charge in [-0.05, 0) is 26.3 Å². The Kier molecular flexibility index (Phi) is 3.25. The second-order valence-corrected chi connectivity index (χ2v) is 4.49. The van der Waals surface area contributed by atoms with Crippen molar-refractivity contribution in [1.29, 1.82) is 0 Å². The number of ketones is 1. The van der Waals surface area contributed by atoms with Gasteiger partial charge in [0.1, 0.15) is 0 Å². The average molecular weight is 228 g/mol. The Balaban J connectivity index is 2.31. The third-order valence-corrected chi connectivity index (χ3v) is 2.98. The fourth-order valence-corrected chi connectivity index (χ4v) is 1.91. The van der Waals surface area contributed by atoms with Gasteiger partial charge in [-0.3, -0.25) is 4.79 Å². The molecule has 0 radical (unpaired) electrons. The summed E-state index contributed by atoms with van der Waals surface area (Å²) in [6, 6.07) is 7.43. The molecule has 1 aliphatic rings. The van der Waals surface area contributed by atoms with E-state index in [2.05, 4.69) is 0 Å². The first-order valence-electron chi connectivity index (χ1n) is 5.75. The van der Waals surface area contributed by atoms with Crippen molar-refractivity contribution in [3.63, 3.8) is 0 Å². The number of hydrogen-bond donors (Lipinski definition) is 1. The van der Waals surface area contributed by atoms with Gasteiger partial charge in [0.2, 0.25) is 0 Å². The summed E-state index contributed by atoms with van der Waals surface area (Å²) >= 11 is 0. The molecule has 2 nitrogen and oxygen atoms in total. The molecule has 0 aromatic heterocycles. The molecule has 1 aliphatic carbocycles. The van der Waals surface area contributed by atoms with E-state index in [-0.39, 0.29) is 5.78 Å². The predicted octanol–water partition coefficient (Wildman–Crippen LogP) is 2.82. The largest absolute Gasteiger partial charge is 0.388 e. The standard InChI is InChI=1S/C15H16O2/c1-10-3-6-12(7-4-10)15(17)13-9-11(2)5-8-14(13)16/h3-7,9,14,16H,8H2,1-2H3. The van der Waals surface area contributed by atoms with Gasteiger partial charge in [0.05, 0.1) is 6.10 Å². The third-order valence-electron chi connectivity index (χ3n) is 2.98. The molecular weight excluding hydrogens is 212 g/mol. The zero-order valence-electron chi connectivity index (χ0n) is 10.1. The van der Waals surface area contributed by atoms with Crippen LogP contribution in [0.1, 0.15) is 29.3 Å². The van der Waals surface area contributed by atoms with Gasteiger partial charge in [-0.1, -0.05) is 41.5 Å². The fourth-order valence-electron chi connectivity index (χ4n) is 1.91. The summed E-state index contributed by atoms with van der Waals surface area (Å²) in [7, 11) is 0. The molecule has 1 aromatic rings. The Hall–Kier alpha value is -1.67. The number of rotatable bonds is 2. The molecule has 1 aromatic carbocycles. The second kappa shape index (κ2) is 4.68. The lowest BCUT2D eigenvalue weighted by Gasteiger charge is -2.17. The lowest BCUT2D eigenvalue weighted by molar-refractivity contribution is 0.0987. The number of aryl methyl sites for hydroxylation is 1. The van der Waals surface area contributed by atoms with Crippen LogP contribution in [0.4, 0.5) is 0 Å². The van der Waals surface area contributed by atoms with Crippen molar-refractivity contribution in [3.05, 3.63) is 58.7 Å². The Morgan fingerprint density at radius 1 is 1.24 bits per heavy atom. The topological polar surface area (TPSA) is 37.3 Å². The van der Waals surface area contributed by atoms with Crippen molar-refractivity contribution in [1.82, 2.24) is 0 Å². The molecular formula is C15H16O2. The summed E-state index contributed by atoms with van der Waals surface area (Å²) in [6.07, 6.45) is 3.56. The maximum absolute atomic E-state index is 12.2. The third kappa shape index (κ3) is 2.53. The van der Waals surface area contributed by atoms with Gasteiger partial charge in [-0.25, -0.2) is 0 Å². The molecule has 0 saturated carbocycles. The molecule has 88 valence electrons. The van der Waals surface area contributed by atoms with Crippen LogP contribution >= 0.6 is 0 Å². The molecule has 0 amide bonds. The zero-order valence-corrected chi connectivity index (χ0v) is 10.1. The van der Waals surface area contributed by atoms with Gasteiger partial charge < -0.3 is 5.11 Å². The van der Waals surface area contributed by atoms with Crippen molar-refractivity contribution < 1.29 is 9.90 Å². The molecule has 0 heterocycles. The number of Topliss-reactive ketones (excluding diaryl/α,β-unsaturated/α-hetero) is 1. The van der Waals surface area contributed by atoms with Crippen molar-refractivity contribution >= 4 is 5.78 Å². The van der Waals surface area contributed by atoms with Crippen molar-refractivity contribution in [2.75, 3.05) is 0 Å². The van der Waals surface area contributed by atoms with E-state index in [0.29, 0.717) is 17.6 Å². The van der Waals surface area contributed by atoms with Gasteiger partial charge in [0, 0.05) is 11.1 Å². The molecule has 2 rings (SSSR count). The van der Waals surface area contributed by atoms with Crippen LogP contribution in [0, 0.1) is 6.92 Å². The quantitative estimate of drug-likeness (QED) is 0.790. The first-order chi connectivity index (χ1) is 8.08. The summed E-state index contributed by atoms with van der Waals surface area (Å²) in [5, 5.41) is 9.84. The molecule has 17 heavy (non-hydrogen) atoms. The van der Waals surface area contributed by atoms with Crippen LogP contribution in [-0.2, 0) is 0 Å². The van der Waals surface area contributed by atoms with E-state index in [9.17, 15) is 9.90 Å². The highest BCUT2D eigenvalue weighted by atomic mass is 16.3. The van der Waals surface area contributed by atoms with Gasteiger partial charge in [0.15, 0.2) is 5.78 Å². The Bertz CT molecular complexity index is 492. The van der Waals surface area contributed by atoms with Crippen LogP contribution in [0.5, 0.6) is 0 Å². The summed E-state index contributed by atoms with van der Waals surface area (Å²) < 4.78 is 0. The number of carbonyl (C=O) groups is 1. The van der Waals surface area contributed by atoms with Gasteiger partial charge in [-0.15, -0.1) is 0 Å². The molecule has 1 atom stereocenters.